The molecule has 2 unspecified atom stereocenters. The van der Waals surface area contributed by atoms with Gasteiger partial charge in [-0.25, -0.2) is 0 Å². The van der Waals surface area contributed by atoms with E-state index in [0.29, 0.717) is 6.54 Å². The summed E-state index contributed by atoms with van der Waals surface area (Å²) in [5, 5.41) is 6.20. The molecular weight excluding hydrogens is 242 g/mol. The lowest BCUT2D eigenvalue weighted by Crippen LogP contribution is -2.54. The third-order valence-electron chi connectivity index (χ3n) is 3.70. The number of hydrogen-bond donors (Lipinski definition) is 2. The number of nitrogens with one attached hydrogen (secondary N) is 2. The highest BCUT2D eigenvalue weighted by atomic mass is 16.2. The van der Waals surface area contributed by atoms with Crippen molar-refractivity contribution in [2.24, 2.45) is 0 Å². The van der Waals surface area contributed by atoms with Crippen LogP contribution in [0.2, 0.25) is 0 Å². The van der Waals surface area contributed by atoms with Crippen LogP contribution < -0.4 is 10.6 Å². The normalized spacial score (nSPS) is 27.6. The number of likely N-dealkylation sites (tertiary alicyclic amines) is 1. The standard InChI is InChI=1S/C14H25N3O2/c1-14(2,3)16-12(18)11-7-5-9-17(11)13(19)10-6-4-8-15-10/h10-11,15H,4-9H2,1-3H3,(H,16,18). The Bertz CT molecular complexity index is 356. The summed E-state index contributed by atoms with van der Waals surface area (Å²) in [4.78, 5) is 26.4. The van der Waals surface area contributed by atoms with E-state index in [-0.39, 0.29) is 29.4 Å². The Hall–Kier alpha value is -1.10. The van der Waals surface area contributed by atoms with Crippen LogP contribution in [-0.4, -0.2) is 47.4 Å². The van der Waals surface area contributed by atoms with Gasteiger partial charge in [0.05, 0.1) is 6.04 Å². The number of nitrogens with zero attached hydrogens (tertiary/aromatic N) is 1. The van der Waals surface area contributed by atoms with E-state index in [9.17, 15) is 9.59 Å². The van der Waals surface area contributed by atoms with Crippen molar-refractivity contribution in [3.63, 3.8) is 0 Å². The minimum absolute atomic E-state index is 0.0173. The van der Waals surface area contributed by atoms with Crippen LogP contribution in [-0.2, 0) is 9.59 Å². The highest BCUT2D eigenvalue weighted by Gasteiger charge is 2.38. The second kappa shape index (κ2) is 5.49. The first-order valence-corrected chi connectivity index (χ1v) is 7.24. The van der Waals surface area contributed by atoms with E-state index in [2.05, 4.69) is 10.6 Å². The first-order valence-electron chi connectivity index (χ1n) is 7.24. The van der Waals surface area contributed by atoms with Gasteiger partial charge in [-0.2, -0.15) is 0 Å². The fourth-order valence-corrected chi connectivity index (χ4v) is 2.85. The fourth-order valence-electron chi connectivity index (χ4n) is 2.85. The van der Waals surface area contributed by atoms with Gasteiger partial charge in [-0.1, -0.05) is 0 Å². The average Bonchev–Trinajstić information content (AvgIpc) is 2.97. The molecule has 0 saturated carbocycles. The molecule has 2 aliphatic heterocycles. The lowest BCUT2D eigenvalue weighted by Gasteiger charge is -2.29. The molecule has 108 valence electrons. The molecule has 5 heteroatoms. The Morgan fingerprint density at radius 2 is 1.95 bits per heavy atom. The van der Waals surface area contributed by atoms with E-state index < -0.39 is 0 Å². The summed E-state index contributed by atoms with van der Waals surface area (Å²) in [7, 11) is 0. The molecule has 2 aliphatic rings. The first kappa shape index (κ1) is 14.3. The van der Waals surface area contributed by atoms with Crippen LogP contribution in [0.4, 0.5) is 0 Å². The Kier molecular flexibility index (Phi) is 4.13. The minimum atomic E-state index is -0.283. The summed E-state index contributed by atoms with van der Waals surface area (Å²) < 4.78 is 0. The number of hydrogen-bond acceptors (Lipinski definition) is 3. The van der Waals surface area contributed by atoms with E-state index >= 15 is 0 Å². The van der Waals surface area contributed by atoms with Crippen molar-refractivity contribution in [1.82, 2.24) is 15.5 Å². The van der Waals surface area contributed by atoms with Gasteiger partial charge in [-0.05, 0) is 53.0 Å². The maximum Gasteiger partial charge on any atom is 0.243 e. The molecule has 0 aromatic carbocycles. The molecule has 0 aromatic rings. The van der Waals surface area contributed by atoms with Gasteiger partial charge >= 0.3 is 0 Å². The van der Waals surface area contributed by atoms with Crippen molar-refractivity contribution in [3.8, 4) is 0 Å². The van der Waals surface area contributed by atoms with Crippen molar-refractivity contribution in [3.05, 3.63) is 0 Å². The van der Waals surface area contributed by atoms with Crippen molar-refractivity contribution in [2.45, 2.75) is 64.1 Å². The molecule has 0 bridgehead atoms. The van der Waals surface area contributed by atoms with Crippen LogP contribution >= 0.6 is 0 Å². The summed E-state index contributed by atoms with van der Waals surface area (Å²) >= 11 is 0. The van der Waals surface area contributed by atoms with Gasteiger partial charge < -0.3 is 15.5 Å². The largest absolute Gasteiger partial charge is 0.350 e. The molecule has 0 spiro atoms. The number of rotatable bonds is 2. The average molecular weight is 267 g/mol. The van der Waals surface area contributed by atoms with E-state index in [4.69, 9.17) is 0 Å². The monoisotopic (exact) mass is 267 g/mol. The predicted octanol–water partition coefficient (Wildman–Crippen LogP) is 0.644. The molecule has 2 heterocycles. The zero-order valence-electron chi connectivity index (χ0n) is 12.2. The highest BCUT2D eigenvalue weighted by Crippen LogP contribution is 2.21. The summed E-state index contributed by atoms with van der Waals surface area (Å²) in [5.74, 6) is 0.0837. The molecule has 2 rings (SSSR count). The molecular formula is C14H25N3O2. The molecule has 0 aliphatic carbocycles. The summed E-state index contributed by atoms with van der Waals surface area (Å²) in [6, 6.07) is -0.364. The molecule has 0 aromatic heterocycles. The van der Waals surface area contributed by atoms with Gasteiger partial charge in [0, 0.05) is 12.1 Å². The van der Waals surface area contributed by atoms with E-state index in [1.54, 1.807) is 4.90 Å². The number of carbonyl (C=O) groups is 2. The molecule has 2 amide bonds. The quantitative estimate of drug-likeness (QED) is 0.772. The van der Waals surface area contributed by atoms with Crippen LogP contribution in [0.15, 0.2) is 0 Å². The van der Waals surface area contributed by atoms with Crippen molar-refractivity contribution >= 4 is 11.8 Å². The fraction of sp³-hybridized carbons (Fsp3) is 0.857. The van der Waals surface area contributed by atoms with Crippen molar-refractivity contribution < 1.29 is 9.59 Å². The van der Waals surface area contributed by atoms with Gasteiger partial charge in [0.1, 0.15) is 6.04 Å². The number of amides is 2. The Balaban J connectivity index is 2.00. The third-order valence-corrected chi connectivity index (χ3v) is 3.70. The molecule has 5 nitrogen and oxygen atoms in total. The van der Waals surface area contributed by atoms with Crippen LogP contribution in [0.5, 0.6) is 0 Å². The molecule has 2 N–H and O–H groups in total. The van der Waals surface area contributed by atoms with Gasteiger partial charge in [-0.3, -0.25) is 9.59 Å². The first-order chi connectivity index (χ1) is 8.88. The molecule has 0 radical (unpaired) electrons. The molecule has 2 atom stereocenters. The third kappa shape index (κ3) is 3.47. The topological polar surface area (TPSA) is 61.4 Å². The summed E-state index contributed by atoms with van der Waals surface area (Å²) in [6.45, 7) is 7.50. The molecule has 2 fully saturated rings. The van der Waals surface area contributed by atoms with Gasteiger partial charge in [0.2, 0.25) is 11.8 Å². The second-order valence-electron chi connectivity index (χ2n) is 6.58. The molecule has 19 heavy (non-hydrogen) atoms. The van der Waals surface area contributed by atoms with Gasteiger partial charge in [-0.15, -0.1) is 0 Å². The predicted molar refractivity (Wildman–Crippen MR) is 73.7 cm³/mol. The maximum atomic E-state index is 12.4. The van der Waals surface area contributed by atoms with Crippen molar-refractivity contribution in [2.75, 3.05) is 13.1 Å². The molecule has 2 saturated heterocycles. The van der Waals surface area contributed by atoms with E-state index in [0.717, 1.165) is 32.2 Å². The lowest BCUT2D eigenvalue weighted by molar-refractivity contribution is -0.140. The van der Waals surface area contributed by atoms with Gasteiger partial charge in [0.25, 0.3) is 0 Å². The summed E-state index contributed by atoms with van der Waals surface area (Å²) in [5.41, 5.74) is -0.250. The van der Waals surface area contributed by atoms with Gasteiger partial charge in [0.15, 0.2) is 0 Å². The highest BCUT2D eigenvalue weighted by molar-refractivity contribution is 5.90. The Labute approximate surface area is 115 Å². The van der Waals surface area contributed by atoms with Crippen LogP contribution in [0.3, 0.4) is 0 Å². The zero-order chi connectivity index (χ0) is 14.0. The minimum Gasteiger partial charge on any atom is -0.350 e. The van der Waals surface area contributed by atoms with Crippen molar-refractivity contribution in [1.29, 1.82) is 0 Å². The maximum absolute atomic E-state index is 12.4. The SMILES string of the molecule is CC(C)(C)NC(=O)C1CCCN1C(=O)C1CCCN1. The van der Waals surface area contributed by atoms with E-state index in [1.165, 1.54) is 0 Å². The zero-order valence-corrected chi connectivity index (χ0v) is 12.2. The Morgan fingerprint density at radius 3 is 2.53 bits per heavy atom. The smallest absolute Gasteiger partial charge is 0.243 e. The van der Waals surface area contributed by atoms with Crippen LogP contribution in [0.25, 0.3) is 0 Å². The van der Waals surface area contributed by atoms with Crippen LogP contribution in [0.1, 0.15) is 46.5 Å². The summed E-state index contributed by atoms with van der Waals surface area (Å²) in [6.07, 6.45) is 3.63. The number of carbonyl (C=O) groups excluding carboxylic acids is 2. The lowest BCUT2D eigenvalue weighted by atomic mass is 10.1. The van der Waals surface area contributed by atoms with Crippen LogP contribution in [0, 0.1) is 0 Å². The Morgan fingerprint density at radius 1 is 1.21 bits per heavy atom. The van der Waals surface area contributed by atoms with E-state index in [1.807, 2.05) is 20.8 Å². The second-order valence-corrected chi connectivity index (χ2v) is 6.58.